The van der Waals surface area contributed by atoms with E-state index in [4.69, 9.17) is 0 Å². The van der Waals surface area contributed by atoms with Gasteiger partial charge >= 0.3 is 0 Å². The van der Waals surface area contributed by atoms with Crippen LogP contribution in [0.15, 0.2) is 47.6 Å². The molecule has 0 heterocycles. The lowest BCUT2D eigenvalue weighted by atomic mass is 9.82. The molecule has 0 aromatic carbocycles. The minimum absolute atomic E-state index is 0.253. The highest BCUT2D eigenvalue weighted by molar-refractivity contribution is 5.62. The highest BCUT2D eigenvalue weighted by Gasteiger charge is 2.25. The van der Waals surface area contributed by atoms with Gasteiger partial charge in [-0.05, 0) is 16.6 Å². The van der Waals surface area contributed by atoms with E-state index in [0.29, 0.717) is 0 Å². The number of hydrogen-bond acceptors (Lipinski definition) is 0. The molecule has 2 aliphatic rings. The van der Waals surface area contributed by atoms with E-state index in [1.165, 1.54) is 17.1 Å². The van der Waals surface area contributed by atoms with Crippen molar-refractivity contribution in [1.82, 2.24) is 0 Å². The third-order valence-electron chi connectivity index (χ3n) is 2.49. The monoisotopic (exact) mass is 171 g/mol. The average molecular weight is 171 g/mol. The van der Waals surface area contributed by atoms with E-state index in [9.17, 15) is 0 Å². The molecule has 0 atom stereocenters. The highest BCUT2D eigenvalue weighted by Crippen LogP contribution is 2.40. The Balaban J connectivity index is 2.45. The minimum Gasteiger partial charge on any atom is -0.0687 e. The topological polar surface area (TPSA) is 0 Å². The van der Waals surface area contributed by atoms with E-state index in [2.05, 4.69) is 57.2 Å². The first-order valence-corrected chi connectivity index (χ1v) is 4.74. The Labute approximate surface area is 80.3 Å². The Bertz CT molecular complexity index is 330. The summed E-state index contributed by atoms with van der Waals surface area (Å²) < 4.78 is 0. The molecule has 0 aliphatic heterocycles. The van der Waals surface area contributed by atoms with Crippen molar-refractivity contribution in [1.29, 1.82) is 0 Å². The van der Waals surface area contributed by atoms with Crippen LogP contribution in [-0.2, 0) is 0 Å². The summed E-state index contributed by atoms with van der Waals surface area (Å²) in [6.07, 6.45) is 13.0. The number of hydrogen-bond donors (Lipinski definition) is 0. The summed E-state index contributed by atoms with van der Waals surface area (Å²) in [6, 6.07) is 0. The molecule has 0 fully saturated rings. The number of rotatable bonds is 0. The van der Waals surface area contributed by atoms with Crippen molar-refractivity contribution in [2.24, 2.45) is 5.41 Å². The molecule has 0 heteroatoms. The maximum Gasteiger partial charge on any atom is 0.0488 e. The van der Waals surface area contributed by atoms with Gasteiger partial charge in [-0.1, -0.05) is 57.2 Å². The smallest absolute Gasteiger partial charge is 0.0488 e. The molecule has 0 N–H and O–H groups in total. The lowest BCUT2D eigenvalue weighted by Gasteiger charge is -2.22. The molecule has 0 nitrogen and oxygen atoms in total. The second-order valence-corrected chi connectivity index (χ2v) is 4.58. The van der Waals surface area contributed by atoms with Gasteiger partial charge in [-0.25, -0.2) is 0 Å². The summed E-state index contributed by atoms with van der Waals surface area (Å²) in [5.74, 6) is 1.35. The van der Waals surface area contributed by atoms with E-state index in [1.54, 1.807) is 0 Å². The third-order valence-corrected chi connectivity index (χ3v) is 2.49. The average Bonchev–Trinajstić information content (AvgIpc) is 2.45. The Morgan fingerprint density at radius 3 is 2.23 bits per heavy atom. The van der Waals surface area contributed by atoms with Crippen LogP contribution in [0.5, 0.6) is 0 Å². The molecule has 67 valence electrons. The predicted octanol–water partition coefficient (Wildman–Crippen LogP) is 3.60. The SMILES string of the molecule is CC(C)(C)C1=C2C=CC=C[C]2C=C1. The van der Waals surface area contributed by atoms with Gasteiger partial charge in [0, 0.05) is 5.92 Å². The maximum absolute atomic E-state index is 2.26. The fourth-order valence-electron chi connectivity index (χ4n) is 1.80. The predicted molar refractivity (Wildman–Crippen MR) is 57.1 cm³/mol. The maximum atomic E-state index is 2.26. The summed E-state index contributed by atoms with van der Waals surface area (Å²) in [5, 5.41) is 0. The van der Waals surface area contributed by atoms with Crippen LogP contribution in [0.2, 0.25) is 0 Å². The molecule has 0 spiro atoms. The van der Waals surface area contributed by atoms with Crippen LogP contribution in [0, 0.1) is 11.3 Å². The van der Waals surface area contributed by atoms with Crippen molar-refractivity contribution in [2.75, 3.05) is 0 Å². The number of allylic oxidation sites excluding steroid dienone is 8. The fraction of sp³-hybridized carbons (Fsp3) is 0.308. The molecule has 2 aliphatic carbocycles. The zero-order valence-electron chi connectivity index (χ0n) is 8.46. The normalized spacial score (nSPS) is 21.5. The molecule has 0 unspecified atom stereocenters. The van der Waals surface area contributed by atoms with Crippen molar-refractivity contribution in [3.8, 4) is 0 Å². The van der Waals surface area contributed by atoms with Crippen LogP contribution in [0.1, 0.15) is 20.8 Å². The van der Waals surface area contributed by atoms with Crippen LogP contribution in [-0.4, -0.2) is 0 Å². The van der Waals surface area contributed by atoms with Crippen molar-refractivity contribution in [3.63, 3.8) is 0 Å². The van der Waals surface area contributed by atoms with Crippen LogP contribution in [0.4, 0.5) is 0 Å². The molecule has 0 saturated heterocycles. The molecular formula is C13H15. The van der Waals surface area contributed by atoms with E-state index in [-0.39, 0.29) is 5.41 Å². The molecule has 0 bridgehead atoms. The van der Waals surface area contributed by atoms with Crippen LogP contribution >= 0.6 is 0 Å². The lowest BCUT2D eigenvalue weighted by molar-refractivity contribution is 0.515. The quantitative estimate of drug-likeness (QED) is 0.522. The van der Waals surface area contributed by atoms with E-state index < -0.39 is 0 Å². The van der Waals surface area contributed by atoms with Gasteiger partial charge in [-0.15, -0.1) is 0 Å². The van der Waals surface area contributed by atoms with Gasteiger partial charge in [0.2, 0.25) is 0 Å². The molecule has 0 saturated carbocycles. The molecule has 13 heavy (non-hydrogen) atoms. The Kier molecular flexibility index (Phi) is 1.80. The molecule has 0 aromatic heterocycles. The van der Waals surface area contributed by atoms with Crippen molar-refractivity contribution in [2.45, 2.75) is 20.8 Å². The zero-order chi connectivity index (χ0) is 9.47. The van der Waals surface area contributed by atoms with E-state index in [0.717, 1.165) is 0 Å². The third kappa shape index (κ3) is 1.41. The second-order valence-electron chi connectivity index (χ2n) is 4.58. The summed E-state index contributed by atoms with van der Waals surface area (Å²) in [4.78, 5) is 0. The molecular weight excluding hydrogens is 156 g/mol. The largest absolute Gasteiger partial charge is 0.0687 e. The van der Waals surface area contributed by atoms with Gasteiger partial charge in [-0.3, -0.25) is 0 Å². The first-order chi connectivity index (χ1) is 6.09. The summed E-state index contributed by atoms with van der Waals surface area (Å²) in [5.41, 5.74) is 3.10. The fourth-order valence-corrected chi connectivity index (χ4v) is 1.80. The zero-order valence-corrected chi connectivity index (χ0v) is 8.46. The summed E-state index contributed by atoms with van der Waals surface area (Å²) >= 11 is 0. The van der Waals surface area contributed by atoms with Gasteiger partial charge < -0.3 is 0 Å². The van der Waals surface area contributed by atoms with Gasteiger partial charge in [0.25, 0.3) is 0 Å². The molecule has 2 rings (SSSR count). The molecule has 1 radical (unpaired) electrons. The molecule has 0 amide bonds. The number of fused-ring (bicyclic) bond motifs is 1. The standard InChI is InChI=1S/C13H15/c1-13(2,3)12-9-8-10-6-4-5-7-11(10)12/h4-9H,1-3H3. The van der Waals surface area contributed by atoms with Crippen molar-refractivity contribution >= 4 is 0 Å². The van der Waals surface area contributed by atoms with Crippen LogP contribution in [0.25, 0.3) is 0 Å². The first-order valence-electron chi connectivity index (χ1n) is 4.74. The lowest BCUT2D eigenvalue weighted by Crippen LogP contribution is -2.09. The van der Waals surface area contributed by atoms with Gasteiger partial charge in [0.15, 0.2) is 0 Å². The second kappa shape index (κ2) is 2.73. The molecule has 0 aromatic rings. The Hall–Kier alpha value is -1.04. The van der Waals surface area contributed by atoms with Gasteiger partial charge in [0.05, 0.1) is 0 Å². The van der Waals surface area contributed by atoms with Gasteiger partial charge in [0.1, 0.15) is 0 Å². The van der Waals surface area contributed by atoms with Crippen LogP contribution in [0.3, 0.4) is 0 Å². The highest BCUT2D eigenvalue weighted by atomic mass is 14.3. The summed E-state index contributed by atoms with van der Waals surface area (Å²) in [7, 11) is 0. The Morgan fingerprint density at radius 2 is 1.54 bits per heavy atom. The van der Waals surface area contributed by atoms with E-state index in [1.807, 2.05) is 0 Å². The van der Waals surface area contributed by atoms with Crippen LogP contribution < -0.4 is 0 Å². The minimum atomic E-state index is 0.253. The van der Waals surface area contributed by atoms with Crippen molar-refractivity contribution < 1.29 is 0 Å². The van der Waals surface area contributed by atoms with E-state index >= 15 is 0 Å². The van der Waals surface area contributed by atoms with Gasteiger partial charge in [-0.2, -0.15) is 0 Å². The van der Waals surface area contributed by atoms with Crippen molar-refractivity contribution in [3.05, 3.63) is 53.5 Å². The first kappa shape index (κ1) is 8.55. The Morgan fingerprint density at radius 1 is 0.846 bits per heavy atom. The summed E-state index contributed by atoms with van der Waals surface area (Å²) in [6.45, 7) is 6.78.